The molecular weight excluding hydrogens is 326 g/mol. The van der Waals surface area contributed by atoms with E-state index in [0.29, 0.717) is 0 Å². The Labute approximate surface area is 154 Å². The Hall–Kier alpha value is -2.95. The average Bonchev–Trinajstić information content (AvgIpc) is 3.00. The molecule has 5 nitrogen and oxygen atoms in total. The summed E-state index contributed by atoms with van der Waals surface area (Å²) in [5, 5.41) is 7.11. The fourth-order valence-electron chi connectivity index (χ4n) is 3.11. The molecule has 1 atom stereocenters. The monoisotopic (exact) mass is 351 g/mol. The van der Waals surface area contributed by atoms with Gasteiger partial charge in [0.15, 0.2) is 0 Å². The number of rotatable bonds is 5. The number of fused-ring (bicyclic) bond motifs is 1. The number of nitrogens with one attached hydrogen (secondary N) is 2. The summed E-state index contributed by atoms with van der Waals surface area (Å²) in [4.78, 5) is 12.5. The van der Waals surface area contributed by atoms with Gasteiger partial charge in [-0.2, -0.15) is 0 Å². The summed E-state index contributed by atoms with van der Waals surface area (Å²) < 4.78 is 7.26. The van der Waals surface area contributed by atoms with Gasteiger partial charge in [0.2, 0.25) is 0 Å². The van der Waals surface area contributed by atoms with Crippen molar-refractivity contribution in [3.63, 3.8) is 0 Å². The number of aromatic nitrogens is 1. The van der Waals surface area contributed by atoms with Gasteiger partial charge in [0.05, 0.1) is 13.2 Å². The molecule has 3 aromatic rings. The van der Waals surface area contributed by atoms with Crippen LogP contribution < -0.4 is 15.4 Å². The van der Waals surface area contributed by atoms with E-state index in [2.05, 4.69) is 29.0 Å². The Kier molecular flexibility index (Phi) is 5.16. The maximum Gasteiger partial charge on any atom is 0.319 e. The van der Waals surface area contributed by atoms with Crippen LogP contribution in [0.25, 0.3) is 10.9 Å². The first kappa shape index (κ1) is 17.9. The largest absolute Gasteiger partial charge is 0.497 e. The van der Waals surface area contributed by atoms with Crippen molar-refractivity contribution in [3.05, 3.63) is 60.3 Å². The van der Waals surface area contributed by atoms with E-state index >= 15 is 0 Å². The quantitative estimate of drug-likeness (QED) is 0.700. The lowest BCUT2D eigenvalue weighted by Gasteiger charge is -2.23. The summed E-state index contributed by atoms with van der Waals surface area (Å²) in [6, 6.07) is 15.4. The van der Waals surface area contributed by atoms with E-state index in [1.54, 1.807) is 7.11 Å². The van der Waals surface area contributed by atoms with Gasteiger partial charge in [-0.3, -0.25) is 0 Å². The fourth-order valence-corrected chi connectivity index (χ4v) is 3.11. The molecule has 0 bridgehead atoms. The number of urea groups is 1. The van der Waals surface area contributed by atoms with Crippen molar-refractivity contribution in [1.29, 1.82) is 0 Å². The minimum atomic E-state index is -0.213. The Morgan fingerprint density at radius 3 is 2.46 bits per heavy atom. The molecule has 136 valence electrons. The molecule has 0 unspecified atom stereocenters. The van der Waals surface area contributed by atoms with Gasteiger partial charge in [0.1, 0.15) is 5.75 Å². The van der Waals surface area contributed by atoms with Crippen molar-refractivity contribution in [1.82, 2.24) is 9.88 Å². The maximum absolute atomic E-state index is 12.5. The number of methoxy groups -OCH3 is 1. The number of ether oxygens (including phenoxy) is 1. The van der Waals surface area contributed by atoms with Gasteiger partial charge in [-0.05, 0) is 47.9 Å². The molecule has 2 amide bonds. The first-order valence-electron chi connectivity index (χ1n) is 8.74. The Bertz CT molecular complexity index is 897. The van der Waals surface area contributed by atoms with Gasteiger partial charge in [-0.25, -0.2) is 4.79 Å². The molecule has 1 aromatic heterocycles. The number of nitrogens with zero attached hydrogens (tertiary/aromatic N) is 1. The van der Waals surface area contributed by atoms with Crippen LogP contribution in [0.4, 0.5) is 10.5 Å². The zero-order chi connectivity index (χ0) is 18.7. The molecule has 3 rings (SSSR count). The lowest BCUT2D eigenvalue weighted by atomic mass is 9.96. The van der Waals surface area contributed by atoms with E-state index in [9.17, 15) is 4.79 Å². The molecule has 0 saturated heterocycles. The second kappa shape index (κ2) is 7.52. The molecule has 0 saturated carbocycles. The van der Waals surface area contributed by atoms with E-state index in [0.717, 1.165) is 27.9 Å². The average molecular weight is 351 g/mol. The highest BCUT2D eigenvalue weighted by molar-refractivity contribution is 5.93. The minimum absolute atomic E-state index is 0.0821. The zero-order valence-corrected chi connectivity index (χ0v) is 15.6. The predicted molar refractivity (Wildman–Crippen MR) is 106 cm³/mol. The molecule has 0 fully saturated rings. The van der Waals surface area contributed by atoms with Crippen molar-refractivity contribution >= 4 is 22.6 Å². The van der Waals surface area contributed by atoms with Crippen LogP contribution in [0.3, 0.4) is 0 Å². The Morgan fingerprint density at radius 2 is 1.81 bits per heavy atom. The molecule has 5 heteroatoms. The summed E-state index contributed by atoms with van der Waals surface area (Å²) in [7, 11) is 3.65. The lowest BCUT2D eigenvalue weighted by Crippen LogP contribution is -2.35. The maximum atomic E-state index is 12.5. The van der Waals surface area contributed by atoms with Crippen molar-refractivity contribution in [2.45, 2.75) is 19.9 Å². The molecule has 2 aromatic carbocycles. The third-order valence-electron chi connectivity index (χ3n) is 4.57. The zero-order valence-electron chi connectivity index (χ0n) is 15.6. The first-order chi connectivity index (χ1) is 12.5. The molecule has 2 N–H and O–H groups in total. The number of carbonyl (C=O) groups is 1. The van der Waals surface area contributed by atoms with Gasteiger partial charge >= 0.3 is 6.03 Å². The highest BCUT2D eigenvalue weighted by Crippen LogP contribution is 2.24. The van der Waals surface area contributed by atoms with E-state index in [-0.39, 0.29) is 18.0 Å². The standard InChI is InChI=1S/C21H25N3O2/c1-14(2)20(15-5-8-18(26-4)9-6-15)23-21(25)22-17-7-10-19-16(13-17)11-12-24(19)3/h5-14,20H,1-4H3,(H2,22,23,25)/t20-/m1/s1. The number of hydrogen-bond donors (Lipinski definition) is 2. The van der Waals surface area contributed by atoms with Crippen molar-refractivity contribution in [2.75, 3.05) is 12.4 Å². The molecule has 0 radical (unpaired) electrons. The number of amides is 2. The second-order valence-corrected chi connectivity index (χ2v) is 6.79. The second-order valence-electron chi connectivity index (χ2n) is 6.79. The summed E-state index contributed by atoms with van der Waals surface area (Å²) in [6.07, 6.45) is 2.01. The van der Waals surface area contributed by atoms with Gasteiger partial charge in [-0.1, -0.05) is 26.0 Å². The highest BCUT2D eigenvalue weighted by Gasteiger charge is 2.18. The van der Waals surface area contributed by atoms with Gasteiger partial charge in [0.25, 0.3) is 0 Å². The first-order valence-corrected chi connectivity index (χ1v) is 8.74. The fraction of sp³-hybridized carbons (Fsp3) is 0.286. The SMILES string of the molecule is COc1ccc([C@H](NC(=O)Nc2ccc3c(ccn3C)c2)C(C)C)cc1. The third-order valence-corrected chi connectivity index (χ3v) is 4.57. The number of benzene rings is 2. The van der Waals surface area contributed by atoms with Gasteiger partial charge < -0.3 is 19.9 Å². The smallest absolute Gasteiger partial charge is 0.319 e. The number of hydrogen-bond acceptors (Lipinski definition) is 2. The van der Waals surface area contributed by atoms with Crippen LogP contribution in [-0.4, -0.2) is 17.7 Å². The predicted octanol–water partition coefficient (Wildman–Crippen LogP) is 4.71. The highest BCUT2D eigenvalue weighted by atomic mass is 16.5. The van der Waals surface area contributed by atoms with E-state index in [1.165, 1.54) is 0 Å². The molecule has 0 aliphatic carbocycles. The lowest BCUT2D eigenvalue weighted by molar-refractivity contribution is 0.244. The van der Waals surface area contributed by atoms with Crippen molar-refractivity contribution < 1.29 is 9.53 Å². The van der Waals surface area contributed by atoms with Crippen LogP contribution in [0, 0.1) is 5.92 Å². The van der Waals surface area contributed by atoms with Crippen LogP contribution >= 0.6 is 0 Å². The third kappa shape index (κ3) is 3.82. The molecule has 0 aliphatic rings. The Morgan fingerprint density at radius 1 is 1.08 bits per heavy atom. The molecule has 1 heterocycles. The summed E-state index contributed by atoms with van der Waals surface area (Å²) in [5.41, 5.74) is 2.96. The van der Waals surface area contributed by atoms with E-state index in [4.69, 9.17) is 4.74 Å². The van der Waals surface area contributed by atoms with E-state index in [1.807, 2.05) is 61.8 Å². The topological polar surface area (TPSA) is 55.3 Å². The molecular formula is C21H25N3O2. The minimum Gasteiger partial charge on any atom is -0.497 e. The van der Waals surface area contributed by atoms with Gasteiger partial charge in [0, 0.05) is 29.8 Å². The number of carbonyl (C=O) groups excluding carboxylic acids is 1. The molecule has 0 aliphatic heterocycles. The van der Waals surface area contributed by atoms with Crippen LogP contribution in [0.1, 0.15) is 25.5 Å². The van der Waals surface area contributed by atoms with Gasteiger partial charge in [-0.15, -0.1) is 0 Å². The summed E-state index contributed by atoms with van der Waals surface area (Å²) in [6.45, 7) is 4.18. The normalized spacial score (nSPS) is 12.2. The number of aryl methyl sites for hydroxylation is 1. The van der Waals surface area contributed by atoms with Crippen molar-refractivity contribution in [2.24, 2.45) is 13.0 Å². The van der Waals surface area contributed by atoms with Crippen LogP contribution in [0.5, 0.6) is 5.75 Å². The molecule has 0 spiro atoms. The van der Waals surface area contributed by atoms with E-state index < -0.39 is 0 Å². The van der Waals surface area contributed by atoms with Crippen molar-refractivity contribution in [3.8, 4) is 5.75 Å². The Balaban J connectivity index is 1.72. The van der Waals surface area contributed by atoms with Crippen LogP contribution in [0.2, 0.25) is 0 Å². The summed E-state index contributed by atoms with van der Waals surface area (Å²) in [5.74, 6) is 1.06. The van der Waals surface area contributed by atoms with Crippen LogP contribution in [0.15, 0.2) is 54.7 Å². The molecule has 26 heavy (non-hydrogen) atoms. The number of anilines is 1. The summed E-state index contributed by atoms with van der Waals surface area (Å²) >= 11 is 0. The van der Waals surface area contributed by atoms with Crippen LogP contribution in [-0.2, 0) is 7.05 Å².